The second kappa shape index (κ2) is 14.1. The molecule has 1 aromatic rings. The molecule has 148 valence electrons. The van der Waals surface area contributed by atoms with Gasteiger partial charge in [0.1, 0.15) is 0 Å². The Morgan fingerprint density at radius 1 is 0.692 bits per heavy atom. The first-order valence-electron chi connectivity index (χ1n) is 11.7. The second-order valence-electron chi connectivity index (χ2n) is 8.32. The van der Waals surface area contributed by atoms with Gasteiger partial charge < -0.3 is 4.90 Å². The molecule has 0 fully saturated rings. The molecule has 0 N–H and O–H groups in total. The Morgan fingerprint density at radius 3 is 1.85 bits per heavy atom. The lowest BCUT2D eigenvalue weighted by atomic mass is 10.0. The lowest BCUT2D eigenvalue weighted by Crippen LogP contribution is -2.30. The van der Waals surface area contributed by atoms with Gasteiger partial charge in [-0.1, -0.05) is 109 Å². The lowest BCUT2D eigenvalue weighted by molar-refractivity contribution is 0.533. The molecule has 0 aliphatic carbocycles. The first kappa shape index (κ1) is 21.3. The van der Waals surface area contributed by atoms with Crippen molar-refractivity contribution in [1.29, 1.82) is 0 Å². The number of para-hydroxylation sites is 1. The predicted molar refractivity (Wildman–Crippen MR) is 117 cm³/mol. The molecule has 26 heavy (non-hydrogen) atoms. The number of anilines is 1. The Bertz CT molecular complexity index is 453. The minimum absolute atomic E-state index is 1.26. The Balaban J connectivity index is 1.38. The Hall–Kier alpha value is -0.980. The van der Waals surface area contributed by atoms with Gasteiger partial charge >= 0.3 is 0 Å². The summed E-state index contributed by atoms with van der Waals surface area (Å²) in [5.41, 5.74) is 3.07. The van der Waals surface area contributed by atoms with Crippen molar-refractivity contribution in [2.75, 3.05) is 18.0 Å². The molecular weight excluding hydrogens is 314 g/mol. The summed E-state index contributed by atoms with van der Waals surface area (Å²) in [7, 11) is 0. The van der Waals surface area contributed by atoms with E-state index in [9.17, 15) is 0 Å². The van der Waals surface area contributed by atoms with E-state index >= 15 is 0 Å². The molecule has 1 aliphatic heterocycles. The van der Waals surface area contributed by atoms with Gasteiger partial charge in [-0.15, -0.1) is 0 Å². The van der Waals surface area contributed by atoms with Crippen molar-refractivity contribution < 1.29 is 0 Å². The van der Waals surface area contributed by atoms with Crippen LogP contribution in [0.5, 0.6) is 0 Å². The third kappa shape index (κ3) is 8.60. The standard InChI is InChI=1S/C25H43N/c1-2-3-4-5-6-7-8-9-10-11-12-13-14-17-22-26-23-18-20-24-19-15-16-21-25(24)26/h15-16,19,21H,2-14,17-18,20,22-23H2,1H3. The highest BCUT2D eigenvalue weighted by Crippen LogP contribution is 2.26. The number of hydrogen-bond acceptors (Lipinski definition) is 1. The molecular formula is C25H43N. The summed E-state index contributed by atoms with van der Waals surface area (Å²) in [6.45, 7) is 4.82. The van der Waals surface area contributed by atoms with E-state index < -0.39 is 0 Å². The zero-order valence-corrected chi connectivity index (χ0v) is 17.5. The Morgan fingerprint density at radius 2 is 1.23 bits per heavy atom. The normalized spacial score (nSPS) is 13.8. The van der Waals surface area contributed by atoms with Crippen LogP contribution in [0.1, 0.15) is 109 Å². The molecule has 0 bridgehead atoms. The molecule has 2 rings (SSSR count). The summed E-state index contributed by atoms with van der Waals surface area (Å²) in [5.74, 6) is 0. The van der Waals surface area contributed by atoms with Gasteiger partial charge in [0, 0.05) is 18.8 Å². The van der Waals surface area contributed by atoms with Crippen LogP contribution in [0.2, 0.25) is 0 Å². The van der Waals surface area contributed by atoms with Crippen LogP contribution in [0.15, 0.2) is 24.3 Å². The number of aryl methyl sites for hydroxylation is 1. The van der Waals surface area contributed by atoms with Gasteiger partial charge in [0.05, 0.1) is 0 Å². The summed E-state index contributed by atoms with van der Waals surface area (Å²) in [6.07, 6.45) is 22.8. The van der Waals surface area contributed by atoms with Crippen molar-refractivity contribution in [1.82, 2.24) is 0 Å². The number of rotatable bonds is 15. The zero-order valence-electron chi connectivity index (χ0n) is 17.5. The summed E-state index contributed by atoms with van der Waals surface area (Å²) in [5, 5.41) is 0. The fourth-order valence-corrected chi connectivity index (χ4v) is 4.34. The molecule has 0 atom stereocenters. The number of hydrogen-bond donors (Lipinski definition) is 0. The lowest BCUT2D eigenvalue weighted by Gasteiger charge is -2.31. The molecule has 0 saturated heterocycles. The van der Waals surface area contributed by atoms with Crippen molar-refractivity contribution >= 4 is 5.69 Å². The summed E-state index contributed by atoms with van der Waals surface area (Å²) < 4.78 is 0. The van der Waals surface area contributed by atoms with Gasteiger partial charge in [-0.2, -0.15) is 0 Å². The van der Waals surface area contributed by atoms with Crippen molar-refractivity contribution in [2.45, 2.75) is 110 Å². The number of fused-ring (bicyclic) bond motifs is 1. The monoisotopic (exact) mass is 357 g/mol. The highest BCUT2D eigenvalue weighted by atomic mass is 15.1. The second-order valence-corrected chi connectivity index (χ2v) is 8.32. The van der Waals surface area contributed by atoms with Gasteiger partial charge in [-0.25, -0.2) is 0 Å². The van der Waals surface area contributed by atoms with E-state index in [1.54, 1.807) is 5.56 Å². The summed E-state index contributed by atoms with van der Waals surface area (Å²) in [4.78, 5) is 2.62. The van der Waals surface area contributed by atoms with E-state index in [0.717, 1.165) is 0 Å². The topological polar surface area (TPSA) is 3.24 Å². The Kier molecular flexibility index (Phi) is 11.6. The van der Waals surface area contributed by atoms with Crippen LogP contribution in [0.25, 0.3) is 0 Å². The number of benzene rings is 1. The van der Waals surface area contributed by atoms with Crippen molar-refractivity contribution in [3.05, 3.63) is 29.8 Å². The van der Waals surface area contributed by atoms with Gasteiger partial charge in [0.25, 0.3) is 0 Å². The van der Waals surface area contributed by atoms with Gasteiger partial charge in [-0.05, 0) is 30.9 Å². The largest absolute Gasteiger partial charge is 0.371 e. The average Bonchev–Trinajstić information content (AvgIpc) is 2.68. The molecule has 1 aromatic carbocycles. The number of nitrogens with zero attached hydrogens (tertiary/aromatic N) is 1. The number of unbranched alkanes of at least 4 members (excludes halogenated alkanes) is 13. The van der Waals surface area contributed by atoms with Crippen molar-refractivity contribution in [3.8, 4) is 0 Å². The molecule has 0 saturated carbocycles. The highest BCUT2D eigenvalue weighted by molar-refractivity contribution is 5.55. The summed E-state index contributed by atoms with van der Waals surface area (Å²) >= 11 is 0. The van der Waals surface area contributed by atoms with E-state index in [0.29, 0.717) is 0 Å². The van der Waals surface area contributed by atoms with Gasteiger partial charge in [-0.3, -0.25) is 0 Å². The van der Waals surface area contributed by atoms with Crippen molar-refractivity contribution in [3.63, 3.8) is 0 Å². The highest BCUT2D eigenvalue weighted by Gasteiger charge is 2.15. The minimum Gasteiger partial charge on any atom is -0.371 e. The average molecular weight is 358 g/mol. The third-order valence-corrected chi connectivity index (χ3v) is 5.99. The SMILES string of the molecule is CCCCCCCCCCCCCCCCN1CCCc2ccccc21. The Labute approximate surface area is 163 Å². The maximum atomic E-state index is 2.62. The van der Waals surface area contributed by atoms with Crippen LogP contribution in [0, 0.1) is 0 Å². The van der Waals surface area contributed by atoms with Crippen molar-refractivity contribution in [2.24, 2.45) is 0 Å². The van der Waals surface area contributed by atoms with Crippen LogP contribution >= 0.6 is 0 Å². The van der Waals surface area contributed by atoms with Crippen LogP contribution in [-0.2, 0) is 6.42 Å². The predicted octanol–water partition coefficient (Wildman–Crippen LogP) is 7.92. The van der Waals surface area contributed by atoms with Gasteiger partial charge in [0.2, 0.25) is 0 Å². The summed E-state index contributed by atoms with van der Waals surface area (Å²) in [6, 6.07) is 9.02. The fourth-order valence-electron chi connectivity index (χ4n) is 4.34. The molecule has 0 amide bonds. The van der Waals surface area contributed by atoms with E-state index in [-0.39, 0.29) is 0 Å². The molecule has 1 aliphatic rings. The van der Waals surface area contributed by atoms with E-state index in [4.69, 9.17) is 0 Å². The zero-order chi connectivity index (χ0) is 18.3. The van der Waals surface area contributed by atoms with Gasteiger partial charge in [0.15, 0.2) is 0 Å². The van der Waals surface area contributed by atoms with Crippen LogP contribution in [-0.4, -0.2) is 13.1 Å². The third-order valence-electron chi connectivity index (χ3n) is 5.99. The first-order valence-corrected chi connectivity index (χ1v) is 11.7. The molecule has 1 nitrogen and oxygen atoms in total. The maximum Gasteiger partial charge on any atom is 0.0398 e. The molecule has 0 aromatic heterocycles. The van der Waals surface area contributed by atoms with Crippen LogP contribution in [0.4, 0.5) is 5.69 Å². The van der Waals surface area contributed by atoms with Crippen LogP contribution < -0.4 is 4.90 Å². The van der Waals surface area contributed by atoms with E-state index in [1.807, 2.05) is 0 Å². The van der Waals surface area contributed by atoms with E-state index in [1.165, 1.54) is 122 Å². The fraction of sp³-hybridized carbons (Fsp3) is 0.760. The first-order chi connectivity index (χ1) is 12.9. The minimum atomic E-state index is 1.26. The molecule has 0 spiro atoms. The van der Waals surface area contributed by atoms with Crippen LogP contribution in [0.3, 0.4) is 0 Å². The maximum absolute atomic E-state index is 2.62. The quantitative estimate of drug-likeness (QED) is 0.288. The smallest absolute Gasteiger partial charge is 0.0398 e. The molecule has 1 heteroatoms. The van der Waals surface area contributed by atoms with E-state index in [2.05, 4.69) is 36.1 Å². The molecule has 0 radical (unpaired) electrons. The molecule has 0 unspecified atom stereocenters. The molecule has 1 heterocycles.